The molecule has 2 aromatic rings. The molecule has 230 valence electrons. The van der Waals surface area contributed by atoms with E-state index < -0.39 is 0 Å². The molecule has 2 N–H and O–H groups in total. The van der Waals surface area contributed by atoms with E-state index in [-0.39, 0.29) is 6.04 Å². The standard InChI is InChI=1S/C22H26N4.C7H13N.C7H12.C2H2/c1-5-18-11-13-26(16(3)14-18)22(20-10-12-24-17(4)25-20)21(23)19-8-6-15(2)7-9-19;1-4-7(5-2)8-6-3;1-4-5-6-7(2)3;1-2/h6-14,16H,5,23H2,1-4H3;4,6H,5H2,1-3H3;4-6H,1-3H3;1-2H/b22-21-;7-4-,8-6?;5-4-;. The maximum absolute atomic E-state index is 6.65. The van der Waals surface area contributed by atoms with Crippen LogP contribution < -0.4 is 5.73 Å². The summed E-state index contributed by atoms with van der Waals surface area (Å²) in [4.78, 5) is 15.2. The van der Waals surface area contributed by atoms with Crippen LogP contribution in [0.4, 0.5) is 0 Å². The molecule has 43 heavy (non-hydrogen) atoms. The van der Waals surface area contributed by atoms with Crippen LogP contribution in [-0.4, -0.2) is 27.1 Å². The van der Waals surface area contributed by atoms with Gasteiger partial charge in [-0.3, -0.25) is 4.99 Å². The zero-order chi connectivity index (χ0) is 32.8. The van der Waals surface area contributed by atoms with Gasteiger partial charge in [-0.1, -0.05) is 79.6 Å². The smallest absolute Gasteiger partial charge is 0.125 e. The Kier molecular flexibility index (Phi) is 19.9. The van der Waals surface area contributed by atoms with Gasteiger partial charge >= 0.3 is 0 Å². The quantitative estimate of drug-likeness (QED) is 0.201. The van der Waals surface area contributed by atoms with Crippen LogP contribution >= 0.6 is 0 Å². The van der Waals surface area contributed by atoms with Crippen LogP contribution in [-0.2, 0) is 0 Å². The SMILES string of the molecule is C#C.C/C=C\C=C(C)C.CC=N/C(=C\C)CC.CCC1=CC(C)N(/C(=C(\N)c2ccc(C)cc2)c2ccnc(C)n2)C=C1. The van der Waals surface area contributed by atoms with Gasteiger partial charge in [-0.05, 0) is 91.5 Å². The molecular weight excluding hydrogens is 526 g/mol. The molecule has 1 aromatic heterocycles. The fraction of sp³-hybridized carbons (Fsp3) is 0.342. The number of hydrogen-bond acceptors (Lipinski definition) is 5. The Morgan fingerprint density at radius 2 is 1.70 bits per heavy atom. The summed E-state index contributed by atoms with van der Waals surface area (Å²) >= 11 is 0. The van der Waals surface area contributed by atoms with Crippen molar-refractivity contribution in [1.82, 2.24) is 14.9 Å². The van der Waals surface area contributed by atoms with Crippen molar-refractivity contribution in [1.29, 1.82) is 0 Å². The molecule has 0 radical (unpaired) electrons. The average Bonchev–Trinajstić information content (AvgIpc) is 3.01. The van der Waals surface area contributed by atoms with Crippen molar-refractivity contribution >= 4 is 17.6 Å². The van der Waals surface area contributed by atoms with Crippen LogP contribution in [0.3, 0.4) is 0 Å². The van der Waals surface area contributed by atoms with Crippen LogP contribution in [0, 0.1) is 26.7 Å². The highest BCUT2D eigenvalue weighted by Gasteiger charge is 2.22. The van der Waals surface area contributed by atoms with Crippen molar-refractivity contribution in [3.05, 3.63) is 119 Å². The summed E-state index contributed by atoms with van der Waals surface area (Å²) in [6, 6.07) is 10.4. The van der Waals surface area contributed by atoms with Gasteiger partial charge in [-0.25, -0.2) is 9.97 Å². The zero-order valence-electron chi connectivity index (χ0n) is 28.1. The number of aromatic nitrogens is 2. The van der Waals surface area contributed by atoms with Gasteiger partial charge in [0.25, 0.3) is 0 Å². The first-order valence-electron chi connectivity index (χ1n) is 14.9. The Hall–Kier alpha value is -4.43. The van der Waals surface area contributed by atoms with E-state index in [0.29, 0.717) is 5.70 Å². The van der Waals surface area contributed by atoms with Crippen LogP contribution in [0.1, 0.15) is 90.9 Å². The molecule has 3 rings (SSSR count). The second-order valence-corrected chi connectivity index (χ2v) is 9.97. The van der Waals surface area contributed by atoms with Crippen LogP contribution in [0.5, 0.6) is 0 Å². The molecule has 5 nitrogen and oxygen atoms in total. The molecule has 0 spiro atoms. The summed E-state index contributed by atoms with van der Waals surface area (Å²) < 4.78 is 0. The molecule has 1 aliphatic heterocycles. The minimum absolute atomic E-state index is 0.198. The number of hydrogen-bond donors (Lipinski definition) is 1. The highest BCUT2D eigenvalue weighted by Crippen LogP contribution is 2.30. The fourth-order valence-electron chi connectivity index (χ4n) is 3.96. The third-order valence-electron chi connectivity index (χ3n) is 6.26. The predicted octanol–water partition coefficient (Wildman–Crippen LogP) is 9.60. The van der Waals surface area contributed by atoms with Gasteiger partial charge in [0.05, 0.1) is 17.1 Å². The number of aryl methyl sites for hydroxylation is 2. The van der Waals surface area contributed by atoms with Crippen LogP contribution in [0.15, 0.2) is 101 Å². The number of nitrogens with zero attached hydrogens (tertiary/aromatic N) is 4. The van der Waals surface area contributed by atoms with E-state index in [2.05, 4.69) is 123 Å². The average molecular weight is 580 g/mol. The minimum atomic E-state index is 0.198. The second-order valence-electron chi connectivity index (χ2n) is 9.97. The van der Waals surface area contributed by atoms with Gasteiger partial charge in [-0.2, -0.15) is 0 Å². The molecule has 0 fully saturated rings. The Morgan fingerprint density at radius 3 is 2.12 bits per heavy atom. The molecule has 0 saturated heterocycles. The summed E-state index contributed by atoms with van der Waals surface area (Å²) in [6.07, 6.45) is 28.4. The Morgan fingerprint density at radius 1 is 1.05 bits per heavy atom. The van der Waals surface area contributed by atoms with E-state index in [1.54, 1.807) is 6.20 Å². The molecule has 2 heterocycles. The lowest BCUT2D eigenvalue weighted by Gasteiger charge is -2.32. The van der Waals surface area contributed by atoms with E-state index in [1.807, 2.05) is 58.2 Å². The minimum Gasteiger partial charge on any atom is -0.396 e. The second kappa shape index (κ2) is 22.2. The lowest BCUT2D eigenvalue weighted by Crippen LogP contribution is -2.29. The number of benzene rings is 1. The molecule has 0 amide bonds. The van der Waals surface area contributed by atoms with Gasteiger partial charge in [0.15, 0.2) is 0 Å². The molecule has 0 aliphatic carbocycles. The van der Waals surface area contributed by atoms with Crippen molar-refractivity contribution in [3.63, 3.8) is 0 Å². The van der Waals surface area contributed by atoms with E-state index in [0.717, 1.165) is 41.3 Å². The molecule has 0 saturated carbocycles. The maximum atomic E-state index is 6.65. The van der Waals surface area contributed by atoms with Gasteiger partial charge < -0.3 is 10.6 Å². The van der Waals surface area contributed by atoms with Crippen LogP contribution in [0.2, 0.25) is 0 Å². The van der Waals surface area contributed by atoms with Gasteiger partial charge in [0.2, 0.25) is 0 Å². The monoisotopic (exact) mass is 579 g/mol. The Bertz CT molecular complexity index is 1330. The highest BCUT2D eigenvalue weighted by atomic mass is 15.2. The van der Waals surface area contributed by atoms with Crippen LogP contribution in [0.25, 0.3) is 11.4 Å². The largest absolute Gasteiger partial charge is 0.396 e. The molecule has 1 aliphatic rings. The maximum Gasteiger partial charge on any atom is 0.125 e. The summed E-state index contributed by atoms with van der Waals surface area (Å²) in [7, 11) is 0. The predicted molar refractivity (Wildman–Crippen MR) is 190 cm³/mol. The Labute approximate surface area is 262 Å². The first-order chi connectivity index (χ1) is 20.6. The first kappa shape index (κ1) is 38.6. The highest BCUT2D eigenvalue weighted by molar-refractivity contribution is 5.88. The van der Waals surface area contributed by atoms with Crippen molar-refractivity contribution in [2.45, 2.75) is 88.1 Å². The lowest BCUT2D eigenvalue weighted by molar-refractivity contribution is 0.464. The van der Waals surface area contributed by atoms with E-state index in [4.69, 9.17) is 5.73 Å². The number of aliphatic imine (C=N–C) groups is 1. The van der Waals surface area contributed by atoms with Crippen molar-refractivity contribution in [2.75, 3.05) is 0 Å². The summed E-state index contributed by atoms with van der Waals surface area (Å²) in [5.41, 5.74) is 15.2. The summed E-state index contributed by atoms with van der Waals surface area (Å²) in [6.45, 7) is 20.5. The lowest BCUT2D eigenvalue weighted by atomic mass is 10.0. The third-order valence-corrected chi connectivity index (χ3v) is 6.26. The van der Waals surface area contributed by atoms with Crippen molar-refractivity contribution < 1.29 is 0 Å². The summed E-state index contributed by atoms with van der Waals surface area (Å²) in [5.74, 6) is 0.732. The van der Waals surface area contributed by atoms with E-state index in [1.165, 1.54) is 16.7 Å². The number of terminal acetylenes is 1. The van der Waals surface area contributed by atoms with E-state index in [9.17, 15) is 0 Å². The van der Waals surface area contributed by atoms with E-state index >= 15 is 0 Å². The van der Waals surface area contributed by atoms with Crippen molar-refractivity contribution in [2.24, 2.45) is 10.7 Å². The fourth-order valence-corrected chi connectivity index (χ4v) is 3.96. The molecule has 1 aromatic carbocycles. The van der Waals surface area contributed by atoms with Gasteiger partial charge in [0, 0.05) is 30.4 Å². The number of nitrogens with two attached hydrogens (primary N) is 1. The number of allylic oxidation sites excluding steroid dienone is 8. The summed E-state index contributed by atoms with van der Waals surface area (Å²) in [5, 5.41) is 0. The number of rotatable bonds is 7. The molecule has 1 unspecified atom stereocenters. The third kappa shape index (κ3) is 14.3. The molecule has 1 atom stereocenters. The topological polar surface area (TPSA) is 67.4 Å². The normalized spacial score (nSPS) is 14.8. The van der Waals surface area contributed by atoms with Gasteiger partial charge in [-0.15, -0.1) is 12.8 Å². The molecular formula is C38H53N5. The molecule has 5 heteroatoms. The zero-order valence-corrected chi connectivity index (χ0v) is 28.1. The Balaban J connectivity index is 0.000000856. The first-order valence-corrected chi connectivity index (χ1v) is 14.9. The molecule has 0 bridgehead atoms. The van der Waals surface area contributed by atoms with Gasteiger partial charge in [0.1, 0.15) is 5.82 Å². The van der Waals surface area contributed by atoms with Crippen molar-refractivity contribution in [3.8, 4) is 12.8 Å².